The van der Waals surface area contributed by atoms with Gasteiger partial charge in [-0.1, -0.05) is 19.3 Å². The van der Waals surface area contributed by atoms with Gasteiger partial charge >= 0.3 is 0 Å². The molecule has 0 bridgehead atoms. The Balaban J connectivity index is 2.12. The van der Waals surface area contributed by atoms with E-state index in [2.05, 4.69) is 11.8 Å². The maximum absolute atomic E-state index is 12.5. The Labute approximate surface area is 103 Å². The van der Waals surface area contributed by atoms with Crippen molar-refractivity contribution in [3.63, 3.8) is 0 Å². The molecule has 0 unspecified atom stereocenters. The molecule has 0 atom stereocenters. The zero-order valence-electron chi connectivity index (χ0n) is 10.9. The molecule has 17 heavy (non-hydrogen) atoms. The molecule has 0 spiro atoms. The van der Waals surface area contributed by atoms with Gasteiger partial charge in [-0.05, 0) is 31.9 Å². The van der Waals surface area contributed by atoms with Gasteiger partial charge in [0, 0.05) is 25.8 Å². The lowest BCUT2D eigenvalue weighted by Crippen LogP contribution is -2.41. The summed E-state index contributed by atoms with van der Waals surface area (Å²) in [5.74, 6) is 0.187. The molecule has 3 nitrogen and oxygen atoms in total. The van der Waals surface area contributed by atoms with E-state index in [4.69, 9.17) is 0 Å². The molecule has 0 saturated heterocycles. The third-order valence-corrected chi connectivity index (χ3v) is 3.78. The van der Waals surface area contributed by atoms with Crippen molar-refractivity contribution in [2.24, 2.45) is 7.05 Å². The van der Waals surface area contributed by atoms with Crippen LogP contribution in [0.15, 0.2) is 18.3 Å². The molecule has 2 rings (SSSR count). The number of aromatic nitrogens is 1. The van der Waals surface area contributed by atoms with Gasteiger partial charge in [-0.3, -0.25) is 4.79 Å². The predicted octanol–water partition coefficient (Wildman–Crippen LogP) is 2.82. The number of carbonyl (C=O) groups excluding carboxylic acids is 1. The van der Waals surface area contributed by atoms with E-state index in [-0.39, 0.29) is 5.91 Å². The second-order valence-electron chi connectivity index (χ2n) is 4.89. The van der Waals surface area contributed by atoms with Crippen LogP contribution in [0.2, 0.25) is 0 Å². The van der Waals surface area contributed by atoms with Gasteiger partial charge in [-0.25, -0.2) is 0 Å². The number of nitrogens with zero attached hydrogens (tertiary/aromatic N) is 2. The summed E-state index contributed by atoms with van der Waals surface area (Å²) in [6.45, 7) is 2.89. The van der Waals surface area contributed by atoms with E-state index >= 15 is 0 Å². The molecule has 1 aromatic heterocycles. The van der Waals surface area contributed by atoms with Crippen molar-refractivity contribution < 1.29 is 4.79 Å². The summed E-state index contributed by atoms with van der Waals surface area (Å²) in [4.78, 5) is 14.5. The first-order valence-corrected chi connectivity index (χ1v) is 6.66. The number of carbonyl (C=O) groups is 1. The number of hydrogen-bond acceptors (Lipinski definition) is 1. The highest BCUT2D eigenvalue weighted by molar-refractivity contribution is 5.93. The number of aryl methyl sites for hydroxylation is 1. The first kappa shape index (κ1) is 12.2. The van der Waals surface area contributed by atoms with Crippen molar-refractivity contribution in [3.8, 4) is 0 Å². The van der Waals surface area contributed by atoms with Crippen LogP contribution in [0.25, 0.3) is 0 Å². The molecule has 1 aliphatic carbocycles. The Kier molecular flexibility index (Phi) is 3.87. The summed E-state index contributed by atoms with van der Waals surface area (Å²) in [7, 11) is 1.93. The predicted molar refractivity (Wildman–Crippen MR) is 69.0 cm³/mol. The van der Waals surface area contributed by atoms with Crippen molar-refractivity contribution in [2.75, 3.05) is 6.54 Å². The van der Waals surface area contributed by atoms with Crippen molar-refractivity contribution >= 4 is 5.91 Å². The minimum Gasteiger partial charge on any atom is -0.347 e. The minimum absolute atomic E-state index is 0.187. The second-order valence-corrected chi connectivity index (χ2v) is 4.89. The Morgan fingerprint density at radius 3 is 2.65 bits per heavy atom. The van der Waals surface area contributed by atoms with Gasteiger partial charge in [0.25, 0.3) is 5.91 Å². The molecule has 3 heteroatoms. The molecule has 0 N–H and O–H groups in total. The van der Waals surface area contributed by atoms with E-state index in [1.54, 1.807) is 0 Å². The summed E-state index contributed by atoms with van der Waals surface area (Å²) < 4.78 is 1.91. The Bertz CT molecular complexity index is 377. The molecule has 1 amide bonds. The quantitative estimate of drug-likeness (QED) is 0.789. The second kappa shape index (κ2) is 5.39. The van der Waals surface area contributed by atoms with Gasteiger partial charge in [0.1, 0.15) is 5.69 Å². The van der Waals surface area contributed by atoms with Crippen molar-refractivity contribution in [1.82, 2.24) is 9.47 Å². The normalized spacial score (nSPS) is 17.1. The third kappa shape index (κ3) is 2.54. The van der Waals surface area contributed by atoms with Crippen LogP contribution in [0.3, 0.4) is 0 Å². The van der Waals surface area contributed by atoms with Crippen LogP contribution in [-0.4, -0.2) is 28.0 Å². The van der Waals surface area contributed by atoms with Crippen LogP contribution in [0.5, 0.6) is 0 Å². The van der Waals surface area contributed by atoms with E-state index in [9.17, 15) is 4.79 Å². The first-order valence-electron chi connectivity index (χ1n) is 6.66. The van der Waals surface area contributed by atoms with Gasteiger partial charge < -0.3 is 9.47 Å². The fourth-order valence-electron chi connectivity index (χ4n) is 2.79. The summed E-state index contributed by atoms with van der Waals surface area (Å²) in [6, 6.07) is 4.30. The van der Waals surface area contributed by atoms with E-state index in [1.165, 1.54) is 32.1 Å². The van der Waals surface area contributed by atoms with Crippen LogP contribution < -0.4 is 0 Å². The summed E-state index contributed by atoms with van der Waals surface area (Å²) in [5, 5.41) is 0. The monoisotopic (exact) mass is 234 g/mol. The zero-order valence-corrected chi connectivity index (χ0v) is 10.9. The molecule has 94 valence electrons. The molecule has 0 radical (unpaired) electrons. The van der Waals surface area contributed by atoms with Crippen molar-refractivity contribution in [3.05, 3.63) is 24.0 Å². The Hall–Kier alpha value is -1.25. The fourth-order valence-corrected chi connectivity index (χ4v) is 2.79. The van der Waals surface area contributed by atoms with Crippen molar-refractivity contribution in [2.45, 2.75) is 45.1 Å². The average molecular weight is 234 g/mol. The zero-order chi connectivity index (χ0) is 12.3. The Morgan fingerprint density at radius 1 is 1.41 bits per heavy atom. The standard InChI is InChI=1S/C14H22N2O/c1-3-16(12-8-5-4-6-9-12)14(17)13-10-7-11-15(13)2/h7,10-12H,3-6,8-9H2,1-2H3. The number of hydrogen-bond donors (Lipinski definition) is 0. The topological polar surface area (TPSA) is 25.2 Å². The smallest absolute Gasteiger partial charge is 0.270 e. The summed E-state index contributed by atoms with van der Waals surface area (Å²) in [5.41, 5.74) is 0.803. The SMILES string of the molecule is CCN(C(=O)c1cccn1C)C1CCCCC1. The first-order chi connectivity index (χ1) is 8.24. The lowest BCUT2D eigenvalue weighted by molar-refractivity contribution is 0.0638. The van der Waals surface area contributed by atoms with Gasteiger partial charge in [0.2, 0.25) is 0 Å². The van der Waals surface area contributed by atoms with Gasteiger partial charge in [-0.15, -0.1) is 0 Å². The van der Waals surface area contributed by atoms with Gasteiger partial charge in [-0.2, -0.15) is 0 Å². The van der Waals surface area contributed by atoms with Gasteiger partial charge in [0.05, 0.1) is 0 Å². The highest BCUT2D eigenvalue weighted by atomic mass is 16.2. The molecular formula is C14H22N2O. The summed E-state index contributed by atoms with van der Waals surface area (Å²) >= 11 is 0. The fraction of sp³-hybridized carbons (Fsp3) is 0.643. The molecule has 0 aromatic carbocycles. The number of rotatable bonds is 3. The van der Waals surface area contributed by atoms with Crippen LogP contribution in [-0.2, 0) is 7.05 Å². The van der Waals surface area contributed by atoms with Crippen LogP contribution in [0, 0.1) is 0 Å². The molecule has 1 heterocycles. The van der Waals surface area contributed by atoms with Crippen LogP contribution in [0.4, 0.5) is 0 Å². The minimum atomic E-state index is 0.187. The van der Waals surface area contributed by atoms with E-state index < -0.39 is 0 Å². The lowest BCUT2D eigenvalue weighted by atomic mass is 9.94. The summed E-state index contributed by atoms with van der Waals surface area (Å²) in [6.07, 6.45) is 8.13. The highest BCUT2D eigenvalue weighted by Crippen LogP contribution is 2.23. The van der Waals surface area contributed by atoms with Crippen LogP contribution >= 0.6 is 0 Å². The molecular weight excluding hydrogens is 212 g/mol. The average Bonchev–Trinajstić information content (AvgIpc) is 2.77. The largest absolute Gasteiger partial charge is 0.347 e. The maximum atomic E-state index is 12.5. The third-order valence-electron chi connectivity index (χ3n) is 3.78. The van der Waals surface area contributed by atoms with Crippen molar-refractivity contribution in [1.29, 1.82) is 0 Å². The molecule has 1 aliphatic rings. The van der Waals surface area contributed by atoms with E-state index in [1.807, 2.05) is 29.9 Å². The molecule has 1 saturated carbocycles. The molecule has 1 fully saturated rings. The number of amides is 1. The van der Waals surface area contributed by atoms with Gasteiger partial charge in [0.15, 0.2) is 0 Å². The van der Waals surface area contributed by atoms with E-state index in [0.717, 1.165) is 12.2 Å². The highest BCUT2D eigenvalue weighted by Gasteiger charge is 2.25. The van der Waals surface area contributed by atoms with E-state index in [0.29, 0.717) is 6.04 Å². The maximum Gasteiger partial charge on any atom is 0.270 e. The molecule has 0 aliphatic heterocycles. The molecule has 1 aromatic rings. The van der Waals surface area contributed by atoms with Crippen LogP contribution in [0.1, 0.15) is 49.5 Å². The Morgan fingerprint density at radius 2 is 2.12 bits per heavy atom. The lowest BCUT2D eigenvalue weighted by Gasteiger charge is -2.33.